The Balaban J connectivity index is 2.73. The number of amides is 2. The summed E-state index contributed by atoms with van der Waals surface area (Å²) in [6.07, 6.45) is 0.0292. The number of nitrogens with one attached hydrogen (secondary N) is 1. The molecule has 8 nitrogen and oxygen atoms in total. The zero-order chi connectivity index (χ0) is 15.5. The molecule has 0 spiro atoms. The number of hydrazone groups is 1. The molecule has 0 bridgehead atoms. The summed E-state index contributed by atoms with van der Waals surface area (Å²) in [6.45, 7) is 5.11. The number of carboxylic acid groups (broad SMARTS) is 1. The molecule has 0 unspecified atom stereocenters. The van der Waals surface area contributed by atoms with Gasteiger partial charge in [-0.25, -0.2) is 15.0 Å². The number of rotatable bonds is 2. The van der Waals surface area contributed by atoms with Gasteiger partial charge in [0, 0.05) is 13.1 Å². The van der Waals surface area contributed by atoms with Crippen LogP contribution in [0, 0.1) is 0 Å². The number of nitrogens with zero attached hydrogens (tertiary/aromatic N) is 2. The van der Waals surface area contributed by atoms with Crippen LogP contribution < -0.4 is 5.43 Å². The number of hydrogen-bond donors (Lipinski definition) is 2. The quantitative estimate of drug-likeness (QED) is 0.581. The van der Waals surface area contributed by atoms with Crippen LogP contribution in [0.25, 0.3) is 0 Å². The van der Waals surface area contributed by atoms with E-state index >= 15 is 0 Å². The van der Waals surface area contributed by atoms with Crippen molar-refractivity contribution in [1.29, 1.82) is 0 Å². The molecule has 0 aliphatic carbocycles. The predicted molar refractivity (Wildman–Crippen MR) is 72.9 cm³/mol. The average molecular weight is 301 g/mol. The minimum Gasteiger partial charge on any atom is -0.478 e. The van der Waals surface area contributed by atoms with Gasteiger partial charge < -0.3 is 9.84 Å². The first-order valence-corrected chi connectivity index (χ1v) is 6.39. The number of hydrogen-bond acceptors (Lipinski definition) is 6. The van der Waals surface area contributed by atoms with Crippen molar-refractivity contribution in [2.24, 2.45) is 5.10 Å². The van der Waals surface area contributed by atoms with Crippen molar-refractivity contribution >= 4 is 34.9 Å². The average Bonchev–Trinajstić information content (AvgIpc) is 2.52. The molecule has 0 aromatic heterocycles. The van der Waals surface area contributed by atoms with E-state index in [9.17, 15) is 14.4 Å². The van der Waals surface area contributed by atoms with Gasteiger partial charge >= 0.3 is 12.1 Å². The molecular weight excluding hydrogens is 286 g/mol. The summed E-state index contributed by atoms with van der Waals surface area (Å²) in [6, 6.07) is 0. The van der Waals surface area contributed by atoms with Gasteiger partial charge in [0.1, 0.15) is 5.60 Å². The number of carbonyl (C=O) groups is 3. The van der Waals surface area contributed by atoms with Crippen molar-refractivity contribution in [3.63, 3.8) is 0 Å². The molecule has 0 aromatic carbocycles. The van der Waals surface area contributed by atoms with E-state index in [-0.39, 0.29) is 10.1 Å². The predicted octanol–water partition coefficient (Wildman–Crippen LogP) is 0.956. The van der Waals surface area contributed by atoms with E-state index in [1.54, 1.807) is 20.8 Å². The van der Waals surface area contributed by atoms with Crippen molar-refractivity contribution < 1.29 is 24.2 Å². The van der Waals surface area contributed by atoms with Gasteiger partial charge in [0.05, 0.1) is 4.91 Å². The van der Waals surface area contributed by atoms with Gasteiger partial charge in [-0.15, -0.1) is 5.10 Å². The normalized spacial score (nSPS) is 19.6. The lowest BCUT2D eigenvalue weighted by Crippen LogP contribution is -2.32. The summed E-state index contributed by atoms with van der Waals surface area (Å²) in [5.41, 5.74) is 1.48. The number of aliphatic carboxylic acids is 1. The van der Waals surface area contributed by atoms with Crippen LogP contribution in [0.2, 0.25) is 0 Å². The molecule has 0 saturated carbocycles. The largest absolute Gasteiger partial charge is 0.478 e. The molecule has 0 aromatic rings. The molecule has 20 heavy (non-hydrogen) atoms. The Labute approximate surface area is 119 Å². The first-order valence-electron chi connectivity index (χ1n) is 5.57. The van der Waals surface area contributed by atoms with Crippen molar-refractivity contribution in [2.45, 2.75) is 26.4 Å². The second-order valence-corrected chi connectivity index (χ2v) is 5.83. The van der Waals surface area contributed by atoms with Crippen molar-refractivity contribution in [1.82, 2.24) is 10.3 Å². The molecule has 0 atom stereocenters. The molecule has 2 amide bonds. The lowest BCUT2D eigenvalue weighted by Gasteiger charge is -2.18. The fourth-order valence-corrected chi connectivity index (χ4v) is 2.05. The fourth-order valence-electron chi connectivity index (χ4n) is 1.16. The van der Waals surface area contributed by atoms with Crippen molar-refractivity contribution in [3.8, 4) is 0 Å². The first-order chi connectivity index (χ1) is 9.10. The Hall–Kier alpha value is -2.03. The van der Waals surface area contributed by atoms with Gasteiger partial charge in [0.25, 0.3) is 5.91 Å². The van der Waals surface area contributed by atoms with E-state index in [0.29, 0.717) is 0 Å². The SMILES string of the molecule is CN1C(=O)C(=CC(=O)O)SC1=NNC(=O)OC(C)(C)C. The highest BCUT2D eigenvalue weighted by Crippen LogP contribution is 2.29. The summed E-state index contributed by atoms with van der Waals surface area (Å²) >= 11 is 0.852. The molecule has 1 fully saturated rings. The zero-order valence-electron chi connectivity index (χ0n) is 11.5. The van der Waals surface area contributed by atoms with E-state index in [2.05, 4.69) is 10.5 Å². The Morgan fingerprint density at radius 1 is 1.45 bits per heavy atom. The highest BCUT2D eigenvalue weighted by molar-refractivity contribution is 8.18. The molecule has 1 aliphatic heterocycles. The third-order valence-electron chi connectivity index (χ3n) is 1.90. The standard InChI is InChI=1S/C11H15N3O5S/c1-11(2,3)19-10(18)13-12-9-14(4)8(17)6(20-9)5-7(15)16/h5H,1-4H3,(H,13,18)(H,15,16). The molecule has 1 rings (SSSR count). The summed E-state index contributed by atoms with van der Waals surface area (Å²) in [5.74, 6) is -1.72. The molecule has 1 saturated heterocycles. The number of carboxylic acids is 1. The van der Waals surface area contributed by atoms with Gasteiger partial charge in [0.2, 0.25) is 0 Å². The van der Waals surface area contributed by atoms with E-state index in [4.69, 9.17) is 9.84 Å². The second-order valence-electron chi connectivity index (χ2n) is 4.82. The summed E-state index contributed by atoms with van der Waals surface area (Å²) < 4.78 is 4.97. The van der Waals surface area contributed by atoms with Gasteiger partial charge in [0.15, 0.2) is 5.17 Å². The topological polar surface area (TPSA) is 108 Å². The molecule has 110 valence electrons. The maximum atomic E-state index is 11.7. The maximum Gasteiger partial charge on any atom is 0.428 e. The maximum absolute atomic E-state index is 11.7. The summed E-state index contributed by atoms with van der Waals surface area (Å²) in [7, 11) is 1.42. The minimum atomic E-state index is -1.23. The third kappa shape index (κ3) is 4.57. The second kappa shape index (κ2) is 5.95. The van der Waals surface area contributed by atoms with Crippen LogP contribution in [0.4, 0.5) is 4.79 Å². The van der Waals surface area contributed by atoms with Crippen molar-refractivity contribution in [3.05, 3.63) is 11.0 Å². The van der Waals surface area contributed by atoms with Gasteiger partial charge in [-0.1, -0.05) is 0 Å². The van der Waals surface area contributed by atoms with Crippen LogP contribution in [-0.2, 0) is 14.3 Å². The molecule has 2 N–H and O–H groups in total. The van der Waals surface area contributed by atoms with Crippen LogP contribution in [0.3, 0.4) is 0 Å². The van der Waals surface area contributed by atoms with Gasteiger partial charge in [-0.05, 0) is 32.5 Å². The van der Waals surface area contributed by atoms with E-state index < -0.39 is 23.6 Å². The number of amidine groups is 1. The Morgan fingerprint density at radius 3 is 2.55 bits per heavy atom. The van der Waals surface area contributed by atoms with Gasteiger partial charge in [-0.2, -0.15) is 0 Å². The molecule has 1 aliphatic rings. The summed E-state index contributed by atoms with van der Waals surface area (Å²) in [5, 5.41) is 12.5. The van der Waals surface area contributed by atoms with Crippen LogP contribution in [-0.4, -0.2) is 45.8 Å². The van der Waals surface area contributed by atoms with Crippen molar-refractivity contribution in [2.75, 3.05) is 7.05 Å². The zero-order valence-corrected chi connectivity index (χ0v) is 12.3. The fraction of sp³-hybridized carbons (Fsp3) is 0.455. The lowest BCUT2D eigenvalue weighted by molar-refractivity contribution is -0.132. The summed E-state index contributed by atoms with van der Waals surface area (Å²) in [4.78, 5) is 34.8. The minimum absolute atomic E-state index is 0.0183. The van der Waals surface area contributed by atoms with Crippen LogP contribution in [0.5, 0.6) is 0 Å². The smallest absolute Gasteiger partial charge is 0.428 e. The first kappa shape index (κ1) is 16.0. The number of likely N-dealkylation sites (N-methyl/N-ethyl adjacent to an activating group) is 1. The number of ether oxygens (including phenoxy) is 1. The third-order valence-corrected chi connectivity index (χ3v) is 2.96. The molecular formula is C11H15N3O5S. The Bertz CT molecular complexity index is 507. The van der Waals surface area contributed by atoms with E-state index in [0.717, 1.165) is 22.7 Å². The lowest BCUT2D eigenvalue weighted by atomic mass is 10.2. The number of thioether (sulfide) groups is 1. The monoisotopic (exact) mass is 301 g/mol. The van der Waals surface area contributed by atoms with E-state index in [1.807, 2.05) is 0 Å². The van der Waals surface area contributed by atoms with Crippen LogP contribution >= 0.6 is 11.8 Å². The van der Waals surface area contributed by atoms with Crippen LogP contribution in [0.15, 0.2) is 16.1 Å². The number of carbonyl (C=O) groups excluding carboxylic acids is 2. The van der Waals surface area contributed by atoms with E-state index in [1.165, 1.54) is 7.05 Å². The highest BCUT2D eigenvalue weighted by Gasteiger charge is 2.31. The van der Waals surface area contributed by atoms with Gasteiger partial charge in [-0.3, -0.25) is 9.69 Å². The Kier molecular flexibility index (Phi) is 4.77. The molecule has 1 heterocycles. The Morgan fingerprint density at radius 2 is 2.05 bits per heavy atom. The highest BCUT2D eigenvalue weighted by atomic mass is 32.2. The molecule has 0 radical (unpaired) electrons. The molecule has 9 heteroatoms. The van der Waals surface area contributed by atoms with Crippen LogP contribution in [0.1, 0.15) is 20.8 Å².